The summed E-state index contributed by atoms with van der Waals surface area (Å²) >= 11 is 0. The van der Waals surface area contributed by atoms with Gasteiger partial charge in [-0.25, -0.2) is 0 Å². The van der Waals surface area contributed by atoms with Crippen molar-refractivity contribution in [3.63, 3.8) is 0 Å². The topological polar surface area (TPSA) is 44.4 Å². The number of nitrogens with one attached hydrogen (secondary N) is 2. The second-order valence-electron chi connectivity index (χ2n) is 5.20. The van der Waals surface area contributed by atoms with Crippen LogP contribution in [-0.4, -0.2) is 49.6 Å². The second kappa shape index (κ2) is 6.97. The molecule has 2 saturated heterocycles. The molecule has 2 rings (SSSR count). The molecule has 2 N–H and O–H groups in total. The molecule has 0 aromatic carbocycles. The number of hydrogen-bond donors (Lipinski definition) is 2. The summed E-state index contributed by atoms with van der Waals surface area (Å²) in [5.41, 5.74) is 0. The smallest absolute Gasteiger partial charge is 0.237 e. The molecule has 0 aromatic heterocycles. The number of carbonyl (C=O) groups is 1. The summed E-state index contributed by atoms with van der Waals surface area (Å²) in [4.78, 5) is 14.2. The van der Waals surface area contributed by atoms with E-state index in [1.54, 1.807) is 0 Å². The van der Waals surface area contributed by atoms with E-state index in [9.17, 15) is 4.79 Å². The summed E-state index contributed by atoms with van der Waals surface area (Å²) in [7, 11) is 0. The van der Waals surface area contributed by atoms with Gasteiger partial charge in [-0.3, -0.25) is 4.79 Å². The van der Waals surface area contributed by atoms with Gasteiger partial charge in [0, 0.05) is 13.1 Å². The Morgan fingerprint density at radius 3 is 2.59 bits per heavy atom. The zero-order valence-corrected chi connectivity index (χ0v) is 10.7. The van der Waals surface area contributed by atoms with Crippen LogP contribution in [0.4, 0.5) is 0 Å². The van der Waals surface area contributed by atoms with Crippen LogP contribution in [0.15, 0.2) is 0 Å². The fraction of sp³-hybridized carbons (Fsp3) is 0.923. The van der Waals surface area contributed by atoms with Gasteiger partial charge in [-0.1, -0.05) is 12.8 Å². The maximum absolute atomic E-state index is 11.8. The first-order valence-corrected chi connectivity index (χ1v) is 7.10. The summed E-state index contributed by atoms with van der Waals surface area (Å²) in [5, 5.41) is 6.28. The Kier molecular flexibility index (Phi) is 5.26. The van der Waals surface area contributed by atoms with Gasteiger partial charge in [0.2, 0.25) is 5.91 Å². The summed E-state index contributed by atoms with van der Waals surface area (Å²) in [6.07, 6.45) is 7.50. The predicted molar refractivity (Wildman–Crippen MR) is 68.9 cm³/mol. The van der Waals surface area contributed by atoms with Gasteiger partial charge >= 0.3 is 0 Å². The maximum Gasteiger partial charge on any atom is 0.237 e. The van der Waals surface area contributed by atoms with Crippen molar-refractivity contribution in [3.05, 3.63) is 0 Å². The molecule has 2 aliphatic rings. The molecule has 2 fully saturated rings. The normalized spacial score (nSPS) is 26.7. The van der Waals surface area contributed by atoms with E-state index in [1.165, 1.54) is 38.8 Å². The third kappa shape index (κ3) is 4.28. The fourth-order valence-electron chi connectivity index (χ4n) is 2.73. The molecular weight excluding hydrogens is 214 g/mol. The molecule has 17 heavy (non-hydrogen) atoms. The number of amides is 1. The molecule has 2 aliphatic heterocycles. The van der Waals surface area contributed by atoms with E-state index in [0.29, 0.717) is 0 Å². The quantitative estimate of drug-likeness (QED) is 0.760. The van der Waals surface area contributed by atoms with Gasteiger partial charge in [-0.2, -0.15) is 0 Å². The standard InChI is InChI=1S/C13H25N3O/c17-13(12-6-5-7-14-12)15-8-11-16-9-3-1-2-4-10-16/h12,14H,1-11H2,(H,15,17). The van der Waals surface area contributed by atoms with Crippen LogP contribution in [0.3, 0.4) is 0 Å². The highest BCUT2D eigenvalue weighted by atomic mass is 16.2. The lowest BCUT2D eigenvalue weighted by atomic mass is 10.2. The molecule has 0 saturated carbocycles. The van der Waals surface area contributed by atoms with Crippen molar-refractivity contribution in [2.24, 2.45) is 0 Å². The summed E-state index contributed by atoms with van der Waals surface area (Å²) in [6, 6.07) is 0.0686. The van der Waals surface area contributed by atoms with Crippen LogP contribution in [0, 0.1) is 0 Å². The van der Waals surface area contributed by atoms with Crippen LogP contribution in [0.2, 0.25) is 0 Å². The predicted octanol–water partition coefficient (Wildman–Crippen LogP) is 0.731. The Hall–Kier alpha value is -0.610. The van der Waals surface area contributed by atoms with Crippen LogP contribution < -0.4 is 10.6 Å². The van der Waals surface area contributed by atoms with Gasteiger partial charge in [0.15, 0.2) is 0 Å². The Bertz CT molecular complexity index is 231. The van der Waals surface area contributed by atoms with Crippen molar-refractivity contribution in [2.45, 2.75) is 44.6 Å². The Morgan fingerprint density at radius 1 is 1.18 bits per heavy atom. The van der Waals surface area contributed by atoms with Crippen molar-refractivity contribution in [1.29, 1.82) is 0 Å². The first-order valence-electron chi connectivity index (χ1n) is 7.10. The third-order valence-electron chi connectivity index (χ3n) is 3.80. The zero-order valence-electron chi connectivity index (χ0n) is 10.7. The van der Waals surface area contributed by atoms with Gasteiger partial charge in [0.1, 0.15) is 0 Å². The lowest BCUT2D eigenvalue weighted by Crippen LogP contribution is -2.43. The van der Waals surface area contributed by atoms with Crippen LogP contribution in [0.1, 0.15) is 38.5 Å². The lowest BCUT2D eigenvalue weighted by molar-refractivity contribution is -0.122. The fourth-order valence-corrected chi connectivity index (χ4v) is 2.73. The van der Waals surface area contributed by atoms with Crippen LogP contribution in [0.25, 0.3) is 0 Å². The molecule has 1 unspecified atom stereocenters. The number of rotatable bonds is 4. The van der Waals surface area contributed by atoms with E-state index < -0.39 is 0 Å². The van der Waals surface area contributed by atoms with E-state index in [1.807, 2.05) is 0 Å². The number of likely N-dealkylation sites (tertiary alicyclic amines) is 1. The minimum atomic E-state index is 0.0686. The van der Waals surface area contributed by atoms with Crippen molar-refractivity contribution in [1.82, 2.24) is 15.5 Å². The lowest BCUT2D eigenvalue weighted by Gasteiger charge is -2.20. The van der Waals surface area contributed by atoms with Crippen LogP contribution in [-0.2, 0) is 4.79 Å². The highest BCUT2D eigenvalue weighted by molar-refractivity contribution is 5.81. The summed E-state index contributed by atoms with van der Waals surface area (Å²) < 4.78 is 0. The summed E-state index contributed by atoms with van der Waals surface area (Å²) in [5.74, 6) is 0.192. The molecular formula is C13H25N3O. The Balaban J connectivity index is 1.59. The minimum absolute atomic E-state index is 0.0686. The van der Waals surface area contributed by atoms with Gasteiger partial charge in [-0.05, 0) is 45.3 Å². The molecule has 4 heteroatoms. The van der Waals surface area contributed by atoms with E-state index in [2.05, 4.69) is 15.5 Å². The zero-order chi connectivity index (χ0) is 11.9. The first-order chi connectivity index (χ1) is 8.36. The maximum atomic E-state index is 11.8. The van der Waals surface area contributed by atoms with Crippen LogP contribution >= 0.6 is 0 Å². The Morgan fingerprint density at radius 2 is 1.94 bits per heavy atom. The van der Waals surface area contributed by atoms with Crippen molar-refractivity contribution >= 4 is 5.91 Å². The highest BCUT2D eigenvalue weighted by Gasteiger charge is 2.21. The molecule has 0 spiro atoms. The molecule has 1 amide bonds. The van der Waals surface area contributed by atoms with Gasteiger partial charge in [0.05, 0.1) is 6.04 Å². The molecule has 2 heterocycles. The van der Waals surface area contributed by atoms with E-state index >= 15 is 0 Å². The van der Waals surface area contributed by atoms with Gasteiger partial charge in [0.25, 0.3) is 0 Å². The molecule has 1 atom stereocenters. The first kappa shape index (κ1) is 12.8. The second-order valence-corrected chi connectivity index (χ2v) is 5.20. The van der Waals surface area contributed by atoms with E-state index in [0.717, 1.165) is 32.5 Å². The third-order valence-corrected chi connectivity index (χ3v) is 3.80. The average Bonchev–Trinajstić information content (AvgIpc) is 2.75. The SMILES string of the molecule is O=C(NCCN1CCCCCC1)C1CCCN1. The Labute approximate surface area is 104 Å². The molecule has 0 bridgehead atoms. The van der Waals surface area contributed by atoms with Gasteiger partial charge in [-0.15, -0.1) is 0 Å². The van der Waals surface area contributed by atoms with Crippen LogP contribution in [0.5, 0.6) is 0 Å². The molecule has 98 valence electrons. The number of carbonyl (C=O) groups excluding carboxylic acids is 1. The molecule has 4 nitrogen and oxygen atoms in total. The minimum Gasteiger partial charge on any atom is -0.353 e. The summed E-state index contributed by atoms with van der Waals surface area (Å²) in [6.45, 7) is 5.22. The number of nitrogens with zero attached hydrogens (tertiary/aromatic N) is 1. The van der Waals surface area contributed by atoms with E-state index in [-0.39, 0.29) is 11.9 Å². The van der Waals surface area contributed by atoms with Crippen molar-refractivity contribution in [2.75, 3.05) is 32.7 Å². The largest absolute Gasteiger partial charge is 0.353 e. The van der Waals surface area contributed by atoms with Crippen molar-refractivity contribution < 1.29 is 4.79 Å². The molecule has 0 aromatic rings. The van der Waals surface area contributed by atoms with Gasteiger partial charge < -0.3 is 15.5 Å². The average molecular weight is 239 g/mol. The molecule has 0 aliphatic carbocycles. The monoisotopic (exact) mass is 239 g/mol. The van der Waals surface area contributed by atoms with Crippen molar-refractivity contribution in [3.8, 4) is 0 Å². The highest BCUT2D eigenvalue weighted by Crippen LogP contribution is 2.09. The van der Waals surface area contributed by atoms with E-state index in [4.69, 9.17) is 0 Å². The molecule has 0 radical (unpaired) electrons. The number of hydrogen-bond acceptors (Lipinski definition) is 3.